The van der Waals surface area contributed by atoms with Crippen LogP contribution in [0.25, 0.3) is 0 Å². The summed E-state index contributed by atoms with van der Waals surface area (Å²) in [6.07, 6.45) is 3.17. The van der Waals surface area contributed by atoms with Crippen LogP contribution in [0.2, 0.25) is 0 Å². The predicted molar refractivity (Wildman–Crippen MR) is 111 cm³/mol. The number of carboxylic acids is 1. The number of rotatable bonds is 7. The summed E-state index contributed by atoms with van der Waals surface area (Å²) < 4.78 is 0. The Morgan fingerprint density at radius 1 is 1.21 bits per heavy atom. The van der Waals surface area contributed by atoms with E-state index in [-0.39, 0.29) is 12.6 Å². The summed E-state index contributed by atoms with van der Waals surface area (Å²) in [5.74, 6) is -0.195. The van der Waals surface area contributed by atoms with Gasteiger partial charge in [-0.15, -0.1) is 0 Å². The van der Waals surface area contributed by atoms with E-state index in [1.54, 1.807) is 0 Å². The van der Waals surface area contributed by atoms with Crippen molar-refractivity contribution in [3.63, 3.8) is 0 Å². The molecule has 2 fully saturated rings. The Bertz CT molecular complexity index is 782. The van der Waals surface area contributed by atoms with Gasteiger partial charge in [0.15, 0.2) is 0 Å². The van der Waals surface area contributed by atoms with Crippen LogP contribution in [-0.2, 0) is 9.63 Å². The third-order valence-electron chi connectivity index (χ3n) is 5.96. The molecule has 2 aliphatic heterocycles. The fraction of sp³-hybridized carbons (Fsp3) is 0.571. The van der Waals surface area contributed by atoms with Crippen LogP contribution in [0.5, 0.6) is 0 Å². The van der Waals surface area contributed by atoms with E-state index in [1.165, 1.54) is 12.8 Å². The van der Waals surface area contributed by atoms with Crippen LogP contribution < -0.4 is 0 Å². The minimum atomic E-state index is -0.768. The highest BCUT2D eigenvalue weighted by atomic mass is 16.6. The van der Waals surface area contributed by atoms with Crippen LogP contribution in [-0.4, -0.2) is 95.8 Å². The molecule has 2 heterocycles. The molecule has 0 aromatic heterocycles. The lowest BCUT2D eigenvalue weighted by molar-refractivity contribution is -0.138. The average Bonchev–Trinajstić information content (AvgIpc) is 3.47. The highest BCUT2D eigenvalue weighted by molar-refractivity contribution is 6.03. The molecule has 8 heteroatoms. The van der Waals surface area contributed by atoms with Crippen LogP contribution >= 0.6 is 0 Å². The second-order valence-electron chi connectivity index (χ2n) is 8.21. The Morgan fingerprint density at radius 2 is 1.86 bits per heavy atom. The van der Waals surface area contributed by atoms with E-state index in [2.05, 4.69) is 15.0 Å². The Kier molecular flexibility index (Phi) is 5.82. The van der Waals surface area contributed by atoms with Crippen molar-refractivity contribution < 1.29 is 14.7 Å². The van der Waals surface area contributed by atoms with Crippen molar-refractivity contribution in [1.82, 2.24) is 14.7 Å². The van der Waals surface area contributed by atoms with Crippen molar-refractivity contribution in [3.05, 3.63) is 35.4 Å². The molecule has 1 aromatic carbocycles. The van der Waals surface area contributed by atoms with Gasteiger partial charge in [-0.25, -0.2) is 0 Å². The third kappa shape index (κ3) is 4.94. The number of hydrogen-bond acceptors (Lipinski definition) is 6. The van der Waals surface area contributed by atoms with Crippen LogP contribution in [0.15, 0.2) is 29.4 Å². The average molecular weight is 399 g/mol. The zero-order valence-corrected chi connectivity index (χ0v) is 16.9. The van der Waals surface area contributed by atoms with Crippen molar-refractivity contribution in [2.24, 2.45) is 5.16 Å². The third-order valence-corrected chi connectivity index (χ3v) is 5.96. The van der Waals surface area contributed by atoms with Gasteiger partial charge in [0.2, 0.25) is 0 Å². The fourth-order valence-corrected chi connectivity index (χ4v) is 3.97. The normalized spacial score (nSPS) is 22.8. The SMILES string of the molecule is CN(C(=N)c1ccc(C2=NOC(CN3CCN(CC(=O)O)CC3)C2)cc1)C1CC1. The number of nitrogens with one attached hydrogen (secondary N) is 1. The number of carbonyl (C=O) groups is 1. The lowest BCUT2D eigenvalue weighted by Gasteiger charge is -2.34. The molecular formula is C21H29N5O3. The number of amidine groups is 1. The Morgan fingerprint density at radius 3 is 2.48 bits per heavy atom. The maximum absolute atomic E-state index is 10.8. The molecular weight excluding hydrogens is 370 g/mol. The Labute approximate surface area is 171 Å². The first-order valence-electron chi connectivity index (χ1n) is 10.3. The van der Waals surface area contributed by atoms with Crippen molar-refractivity contribution >= 4 is 17.5 Å². The minimum Gasteiger partial charge on any atom is -0.480 e. The molecule has 1 saturated carbocycles. The first kappa shape index (κ1) is 19.8. The van der Waals surface area contributed by atoms with Gasteiger partial charge in [-0.05, 0) is 18.4 Å². The number of oxime groups is 1. The molecule has 1 atom stereocenters. The summed E-state index contributed by atoms with van der Waals surface area (Å²) >= 11 is 0. The van der Waals surface area contributed by atoms with Crippen molar-refractivity contribution in [2.45, 2.75) is 31.4 Å². The van der Waals surface area contributed by atoms with Crippen molar-refractivity contribution in [2.75, 3.05) is 46.3 Å². The summed E-state index contributed by atoms with van der Waals surface area (Å²) in [5.41, 5.74) is 2.93. The van der Waals surface area contributed by atoms with Gasteiger partial charge in [0.1, 0.15) is 11.9 Å². The first-order chi connectivity index (χ1) is 14.0. The molecule has 8 nitrogen and oxygen atoms in total. The number of aliphatic carboxylic acids is 1. The standard InChI is InChI=1S/C21H29N5O3/c1-24(17-6-7-17)21(22)16-4-2-15(3-5-16)19-12-18(29-23-19)13-25-8-10-26(11-9-25)14-20(27)28/h2-5,17-18,22H,6-14H2,1H3,(H,27,28). The number of benzene rings is 1. The molecule has 2 N–H and O–H groups in total. The van der Waals surface area contributed by atoms with Gasteiger partial charge >= 0.3 is 5.97 Å². The molecule has 1 unspecified atom stereocenters. The molecule has 4 rings (SSSR count). The highest BCUT2D eigenvalue weighted by Crippen LogP contribution is 2.27. The molecule has 0 radical (unpaired) electrons. The topological polar surface area (TPSA) is 92.5 Å². The Hall–Kier alpha value is -2.45. The van der Waals surface area contributed by atoms with Crippen molar-refractivity contribution in [3.8, 4) is 0 Å². The molecule has 0 amide bonds. The first-order valence-corrected chi connectivity index (χ1v) is 10.3. The zero-order chi connectivity index (χ0) is 20.4. The second kappa shape index (κ2) is 8.51. The number of piperazine rings is 1. The van der Waals surface area contributed by atoms with E-state index in [0.29, 0.717) is 11.9 Å². The molecule has 0 bridgehead atoms. The predicted octanol–water partition coefficient (Wildman–Crippen LogP) is 1.30. The monoisotopic (exact) mass is 399 g/mol. The molecule has 1 aliphatic carbocycles. The van der Waals surface area contributed by atoms with E-state index in [4.69, 9.17) is 15.4 Å². The second-order valence-corrected chi connectivity index (χ2v) is 8.21. The van der Waals surface area contributed by atoms with Gasteiger partial charge in [-0.3, -0.25) is 20.0 Å². The van der Waals surface area contributed by atoms with Crippen LogP contribution in [0, 0.1) is 5.41 Å². The Balaban J connectivity index is 1.25. The maximum Gasteiger partial charge on any atom is 0.317 e. The quantitative estimate of drug-likeness (QED) is 0.530. The maximum atomic E-state index is 10.8. The minimum absolute atomic E-state index is 0.0370. The van der Waals surface area contributed by atoms with Crippen LogP contribution in [0.3, 0.4) is 0 Å². The lowest BCUT2D eigenvalue weighted by Crippen LogP contribution is -2.49. The van der Waals surface area contributed by atoms with Gasteiger partial charge in [0.25, 0.3) is 0 Å². The summed E-state index contributed by atoms with van der Waals surface area (Å²) in [5, 5.41) is 21.5. The molecule has 29 heavy (non-hydrogen) atoms. The molecule has 1 aromatic rings. The highest BCUT2D eigenvalue weighted by Gasteiger charge is 2.29. The number of hydrogen-bond donors (Lipinski definition) is 2. The van der Waals surface area contributed by atoms with E-state index in [1.807, 2.05) is 36.2 Å². The molecule has 3 aliphatic rings. The van der Waals surface area contributed by atoms with E-state index in [9.17, 15) is 4.79 Å². The lowest BCUT2D eigenvalue weighted by atomic mass is 10.0. The van der Waals surface area contributed by atoms with Gasteiger partial charge in [-0.2, -0.15) is 0 Å². The molecule has 1 saturated heterocycles. The fourth-order valence-electron chi connectivity index (χ4n) is 3.97. The van der Waals surface area contributed by atoms with Gasteiger partial charge in [0.05, 0.1) is 12.3 Å². The van der Waals surface area contributed by atoms with E-state index < -0.39 is 5.97 Å². The van der Waals surface area contributed by atoms with Gasteiger partial charge in [0, 0.05) is 57.8 Å². The molecule has 0 spiro atoms. The smallest absolute Gasteiger partial charge is 0.317 e. The van der Waals surface area contributed by atoms with Gasteiger partial charge < -0.3 is 14.8 Å². The van der Waals surface area contributed by atoms with Crippen molar-refractivity contribution in [1.29, 1.82) is 5.41 Å². The summed E-state index contributed by atoms with van der Waals surface area (Å²) in [7, 11) is 1.99. The van der Waals surface area contributed by atoms with E-state index in [0.717, 1.165) is 56.0 Å². The van der Waals surface area contributed by atoms with E-state index >= 15 is 0 Å². The zero-order valence-electron chi connectivity index (χ0n) is 16.9. The molecule has 156 valence electrons. The van der Waals surface area contributed by atoms with Crippen LogP contribution in [0.4, 0.5) is 0 Å². The summed E-state index contributed by atoms with van der Waals surface area (Å²) in [4.78, 5) is 22.8. The van der Waals surface area contributed by atoms with Gasteiger partial charge in [-0.1, -0.05) is 29.4 Å². The number of carboxylic acid groups (broad SMARTS) is 1. The summed E-state index contributed by atoms with van der Waals surface area (Å²) in [6, 6.07) is 8.57. The van der Waals surface area contributed by atoms with Crippen LogP contribution in [0.1, 0.15) is 30.4 Å². The summed E-state index contributed by atoms with van der Waals surface area (Å²) in [6.45, 7) is 4.18. The number of nitrogens with zero attached hydrogens (tertiary/aromatic N) is 4. The largest absolute Gasteiger partial charge is 0.480 e.